The van der Waals surface area contributed by atoms with E-state index in [2.05, 4.69) is 12.2 Å². The monoisotopic (exact) mass is 347 g/mol. The van der Waals surface area contributed by atoms with E-state index in [9.17, 15) is 9.59 Å². The molecule has 0 heterocycles. The SMILES string of the molecule is CC(C)Oc1ccc(C(=O)O[C@H](C)C(=O)N[C@@H]2CCCC[C@@H]2C)cc1. The van der Waals surface area contributed by atoms with Crippen LogP contribution in [-0.2, 0) is 9.53 Å². The highest BCUT2D eigenvalue weighted by Crippen LogP contribution is 2.24. The van der Waals surface area contributed by atoms with Gasteiger partial charge in [-0.05, 0) is 63.8 Å². The molecule has 25 heavy (non-hydrogen) atoms. The number of amides is 1. The minimum atomic E-state index is -0.812. The number of carbonyl (C=O) groups is 2. The quantitative estimate of drug-likeness (QED) is 0.797. The van der Waals surface area contributed by atoms with Crippen molar-refractivity contribution in [1.29, 1.82) is 0 Å². The predicted molar refractivity (Wildman–Crippen MR) is 96.6 cm³/mol. The highest BCUT2D eigenvalue weighted by molar-refractivity contribution is 5.92. The number of benzene rings is 1. The maximum Gasteiger partial charge on any atom is 0.338 e. The smallest absolute Gasteiger partial charge is 0.338 e. The minimum Gasteiger partial charge on any atom is -0.491 e. The third kappa shape index (κ3) is 5.76. The average molecular weight is 347 g/mol. The van der Waals surface area contributed by atoms with Crippen LogP contribution in [-0.4, -0.2) is 30.1 Å². The lowest BCUT2D eigenvalue weighted by atomic mass is 9.86. The molecule has 3 atom stereocenters. The average Bonchev–Trinajstić information content (AvgIpc) is 2.56. The van der Waals surface area contributed by atoms with E-state index in [-0.39, 0.29) is 18.1 Å². The number of esters is 1. The molecule has 0 bridgehead atoms. The van der Waals surface area contributed by atoms with Crippen LogP contribution in [0.25, 0.3) is 0 Å². The van der Waals surface area contributed by atoms with Gasteiger partial charge in [0, 0.05) is 6.04 Å². The van der Waals surface area contributed by atoms with Gasteiger partial charge in [0.1, 0.15) is 5.75 Å². The van der Waals surface area contributed by atoms with Crippen molar-refractivity contribution >= 4 is 11.9 Å². The second-order valence-corrected chi connectivity index (χ2v) is 7.12. The first-order chi connectivity index (χ1) is 11.9. The van der Waals surface area contributed by atoms with Crippen LogP contribution in [0.1, 0.15) is 63.7 Å². The molecular formula is C20H29NO4. The van der Waals surface area contributed by atoms with Crippen molar-refractivity contribution < 1.29 is 19.1 Å². The minimum absolute atomic E-state index is 0.0729. The molecule has 138 valence electrons. The van der Waals surface area contributed by atoms with Crippen molar-refractivity contribution in [1.82, 2.24) is 5.32 Å². The van der Waals surface area contributed by atoms with Crippen LogP contribution in [0.15, 0.2) is 24.3 Å². The third-order valence-corrected chi connectivity index (χ3v) is 4.55. The summed E-state index contributed by atoms with van der Waals surface area (Å²) < 4.78 is 10.9. The second kappa shape index (κ2) is 8.88. The Balaban J connectivity index is 1.87. The van der Waals surface area contributed by atoms with Crippen molar-refractivity contribution in [2.24, 2.45) is 5.92 Å². The van der Waals surface area contributed by atoms with E-state index in [0.29, 0.717) is 17.2 Å². The maximum atomic E-state index is 12.3. The van der Waals surface area contributed by atoms with Crippen LogP contribution in [0, 0.1) is 5.92 Å². The molecule has 1 amide bonds. The van der Waals surface area contributed by atoms with Crippen molar-refractivity contribution in [3.05, 3.63) is 29.8 Å². The van der Waals surface area contributed by atoms with E-state index in [1.165, 1.54) is 6.42 Å². The molecule has 0 saturated heterocycles. The van der Waals surface area contributed by atoms with E-state index in [1.54, 1.807) is 31.2 Å². The molecule has 1 saturated carbocycles. The van der Waals surface area contributed by atoms with Crippen molar-refractivity contribution in [3.8, 4) is 5.75 Å². The number of carbonyl (C=O) groups excluding carboxylic acids is 2. The zero-order valence-corrected chi connectivity index (χ0v) is 15.6. The molecule has 1 aromatic rings. The van der Waals surface area contributed by atoms with Gasteiger partial charge in [-0.2, -0.15) is 0 Å². The number of hydrogen-bond acceptors (Lipinski definition) is 4. The molecule has 0 unspecified atom stereocenters. The summed E-state index contributed by atoms with van der Waals surface area (Å²) in [4.78, 5) is 24.5. The summed E-state index contributed by atoms with van der Waals surface area (Å²) in [5.74, 6) is 0.431. The zero-order chi connectivity index (χ0) is 18.4. The Morgan fingerprint density at radius 3 is 2.32 bits per heavy atom. The van der Waals surface area contributed by atoms with E-state index < -0.39 is 12.1 Å². The first kappa shape index (κ1) is 19.3. The largest absolute Gasteiger partial charge is 0.491 e. The van der Waals surface area contributed by atoms with Crippen LogP contribution in [0.2, 0.25) is 0 Å². The van der Waals surface area contributed by atoms with Gasteiger partial charge < -0.3 is 14.8 Å². The molecule has 1 fully saturated rings. The van der Waals surface area contributed by atoms with E-state index in [0.717, 1.165) is 19.3 Å². The van der Waals surface area contributed by atoms with Crippen molar-refractivity contribution in [2.75, 3.05) is 0 Å². The normalized spacial score (nSPS) is 21.5. The van der Waals surface area contributed by atoms with Gasteiger partial charge in [0.2, 0.25) is 0 Å². The predicted octanol–water partition coefficient (Wildman–Crippen LogP) is 3.71. The fourth-order valence-electron chi connectivity index (χ4n) is 3.05. The van der Waals surface area contributed by atoms with Crippen LogP contribution in [0.3, 0.4) is 0 Å². The highest BCUT2D eigenvalue weighted by atomic mass is 16.5. The van der Waals surface area contributed by atoms with Gasteiger partial charge in [-0.15, -0.1) is 0 Å². The summed E-state index contributed by atoms with van der Waals surface area (Å²) in [6.45, 7) is 7.64. The Morgan fingerprint density at radius 2 is 1.72 bits per heavy atom. The molecule has 1 aromatic carbocycles. The Hall–Kier alpha value is -2.04. The Labute approximate surface area is 150 Å². The molecular weight excluding hydrogens is 318 g/mol. The summed E-state index contributed by atoms with van der Waals surface area (Å²) in [5.41, 5.74) is 0.404. The molecule has 0 spiro atoms. The van der Waals surface area contributed by atoms with E-state index in [4.69, 9.17) is 9.47 Å². The van der Waals surface area contributed by atoms with Gasteiger partial charge in [-0.3, -0.25) is 4.79 Å². The summed E-state index contributed by atoms with van der Waals surface area (Å²) >= 11 is 0. The summed E-state index contributed by atoms with van der Waals surface area (Å²) in [7, 11) is 0. The number of nitrogens with one attached hydrogen (secondary N) is 1. The fraction of sp³-hybridized carbons (Fsp3) is 0.600. The van der Waals surface area contributed by atoms with Gasteiger partial charge in [0.15, 0.2) is 6.10 Å². The van der Waals surface area contributed by atoms with Crippen LogP contribution >= 0.6 is 0 Å². The van der Waals surface area contributed by atoms with Crippen molar-refractivity contribution in [2.45, 2.75) is 71.6 Å². The number of hydrogen-bond donors (Lipinski definition) is 1. The molecule has 0 aromatic heterocycles. The maximum absolute atomic E-state index is 12.3. The lowest BCUT2D eigenvalue weighted by Gasteiger charge is -2.30. The summed E-state index contributed by atoms with van der Waals surface area (Å²) in [6.07, 6.45) is 3.73. The third-order valence-electron chi connectivity index (χ3n) is 4.55. The van der Waals surface area contributed by atoms with Gasteiger partial charge in [-0.1, -0.05) is 19.8 Å². The number of ether oxygens (including phenoxy) is 2. The van der Waals surface area contributed by atoms with E-state index in [1.807, 2.05) is 13.8 Å². The Bertz CT molecular complexity index is 582. The molecule has 2 rings (SSSR count). The van der Waals surface area contributed by atoms with Gasteiger partial charge in [-0.25, -0.2) is 4.79 Å². The van der Waals surface area contributed by atoms with Crippen LogP contribution in [0.5, 0.6) is 5.75 Å². The molecule has 1 aliphatic carbocycles. The Kier molecular flexibility index (Phi) is 6.85. The molecule has 1 N–H and O–H groups in total. The summed E-state index contributed by atoms with van der Waals surface area (Å²) in [5, 5.41) is 3.02. The van der Waals surface area contributed by atoms with Gasteiger partial charge in [0.05, 0.1) is 11.7 Å². The lowest BCUT2D eigenvalue weighted by Crippen LogP contribution is -2.45. The lowest BCUT2D eigenvalue weighted by molar-refractivity contribution is -0.130. The Morgan fingerprint density at radius 1 is 1.08 bits per heavy atom. The first-order valence-corrected chi connectivity index (χ1v) is 9.15. The molecule has 5 nitrogen and oxygen atoms in total. The molecule has 5 heteroatoms. The van der Waals surface area contributed by atoms with Crippen LogP contribution < -0.4 is 10.1 Å². The molecule has 0 radical (unpaired) electrons. The molecule has 1 aliphatic rings. The fourth-order valence-corrected chi connectivity index (χ4v) is 3.05. The first-order valence-electron chi connectivity index (χ1n) is 9.15. The van der Waals surface area contributed by atoms with Crippen LogP contribution in [0.4, 0.5) is 0 Å². The van der Waals surface area contributed by atoms with Crippen molar-refractivity contribution in [3.63, 3.8) is 0 Å². The summed E-state index contributed by atoms with van der Waals surface area (Å²) in [6, 6.07) is 6.92. The standard InChI is InChI=1S/C20H29NO4/c1-13(2)24-17-11-9-16(10-12-17)20(23)25-15(4)19(22)21-18-8-6-5-7-14(18)3/h9-15,18H,5-8H2,1-4H3,(H,21,22)/t14-,15+,18+/m0/s1. The molecule has 0 aliphatic heterocycles. The van der Waals surface area contributed by atoms with Gasteiger partial charge >= 0.3 is 5.97 Å². The number of rotatable bonds is 6. The topological polar surface area (TPSA) is 64.6 Å². The zero-order valence-electron chi connectivity index (χ0n) is 15.6. The highest BCUT2D eigenvalue weighted by Gasteiger charge is 2.26. The van der Waals surface area contributed by atoms with E-state index >= 15 is 0 Å². The van der Waals surface area contributed by atoms with Gasteiger partial charge in [0.25, 0.3) is 5.91 Å². The second-order valence-electron chi connectivity index (χ2n) is 7.12.